The molecule has 132 valence electrons. The van der Waals surface area contributed by atoms with E-state index in [0.717, 1.165) is 41.8 Å². The molecule has 1 saturated heterocycles. The highest BCUT2D eigenvalue weighted by Crippen LogP contribution is 2.76. The zero-order chi connectivity index (χ0) is 17.0. The van der Waals surface area contributed by atoms with Gasteiger partial charge in [-0.2, -0.15) is 0 Å². The zero-order valence-electron chi connectivity index (χ0n) is 15.5. The van der Waals surface area contributed by atoms with Crippen LogP contribution in [0.3, 0.4) is 0 Å². The number of nitroso groups, excluding NO2 is 1. The maximum absolute atomic E-state index is 13.0. The largest absolute Gasteiger partial charge is 0.300 e. The lowest BCUT2D eigenvalue weighted by atomic mass is 9.61. The van der Waals surface area contributed by atoms with Gasteiger partial charge in [-0.3, -0.25) is 4.90 Å². The molecule has 0 radical (unpaired) electrons. The number of hydrogen-bond donors (Lipinski definition) is 0. The third-order valence-electron chi connectivity index (χ3n) is 9.34. The molecule has 1 unspecified atom stereocenters. The molecule has 4 fully saturated rings. The van der Waals surface area contributed by atoms with E-state index in [0.29, 0.717) is 0 Å². The molecular weight excluding hydrogens is 308 g/mol. The second kappa shape index (κ2) is 4.36. The van der Waals surface area contributed by atoms with Crippen molar-refractivity contribution in [2.45, 2.75) is 69.4 Å². The molecule has 2 aliphatic heterocycles. The minimum atomic E-state index is -0.335. The molecule has 25 heavy (non-hydrogen) atoms. The second-order valence-electron chi connectivity index (χ2n) is 10.1. The van der Waals surface area contributed by atoms with Crippen LogP contribution >= 0.6 is 0 Å². The minimum absolute atomic E-state index is 0.0288. The molecule has 0 aromatic heterocycles. The molecule has 5 aliphatic rings. The van der Waals surface area contributed by atoms with Gasteiger partial charge in [-0.15, -0.1) is 0 Å². The standard InChI is InChI=1S/C22H29N2O/c1-20(2)22(17-5-3-4-6-18(17)24(20)25)9-11-23(12-10-22)19-14-21-13-15(21)7-8-16(19)21/h3-6,15-16,19H,7-14H2,1-2H3/q+1/t15-,16+,19+,21?/m1/s1. The highest BCUT2D eigenvalue weighted by Gasteiger charge is 2.72. The van der Waals surface area contributed by atoms with E-state index in [1.807, 2.05) is 12.1 Å². The van der Waals surface area contributed by atoms with Gasteiger partial charge < -0.3 is 0 Å². The van der Waals surface area contributed by atoms with Crippen molar-refractivity contribution in [2.75, 3.05) is 13.1 Å². The van der Waals surface area contributed by atoms with Crippen molar-refractivity contribution in [2.24, 2.45) is 17.3 Å². The first-order chi connectivity index (χ1) is 12.0. The summed E-state index contributed by atoms with van der Waals surface area (Å²) in [6.45, 7) is 6.68. The Labute approximate surface area is 150 Å². The Bertz CT molecular complexity index is 774. The van der Waals surface area contributed by atoms with Gasteiger partial charge in [0.25, 0.3) is 5.69 Å². The Morgan fingerprint density at radius 3 is 2.56 bits per heavy atom. The summed E-state index contributed by atoms with van der Waals surface area (Å²) in [5.74, 6) is 2.10. The van der Waals surface area contributed by atoms with Gasteiger partial charge in [0.15, 0.2) is 0 Å². The zero-order valence-corrected chi connectivity index (χ0v) is 15.5. The van der Waals surface area contributed by atoms with E-state index >= 15 is 0 Å². The smallest absolute Gasteiger partial charge is 0.260 e. The van der Waals surface area contributed by atoms with E-state index in [1.165, 1.54) is 49.1 Å². The Morgan fingerprint density at radius 2 is 1.84 bits per heavy atom. The summed E-state index contributed by atoms with van der Waals surface area (Å²) in [6.07, 6.45) is 8.27. The third-order valence-corrected chi connectivity index (χ3v) is 9.34. The summed E-state index contributed by atoms with van der Waals surface area (Å²) in [4.78, 5) is 15.8. The molecule has 0 N–H and O–H groups in total. The molecule has 2 heterocycles. The molecule has 3 aliphatic carbocycles. The minimum Gasteiger partial charge on any atom is -0.300 e. The predicted octanol–water partition coefficient (Wildman–Crippen LogP) is 4.41. The molecule has 0 bridgehead atoms. The van der Waals surface area contributed by atoms with Gasteiger partial charge in [0, 0.05) is 41.2 Å². The van der Waals surface area contributed by atoms with Crippen molar-refractivity contribution < 1.29 is 4.76 Å². The number of likely N-dealkylation sites (tertiary alicyclic amines) is 1. The molecule has 3 saturated carbocycles. The maximum atomic E-state index is 13.0. The summed E-state index contributed by atoms with van der Waals surface area (Å²) in [6, 6.07) is 9.21. The second-order valence-corrected chi connectivity index (χ2v) is 10.1. The Hall–Kier alpha value is -1.22. The molecular formula is C22H29N2O+. The van der Waals surface area contributed by atoms with E-state index < -0.39 is 0 Å². The summed E-state index contributed by atoms with van der Waals surface area (Å²) in [7, 11) is 0. The normalized spacial score (nSPS) is 42.6. The van der Waals surface area contributed by atoms with Crippen LogP contribution in [-0.2, 0) is 5.41 Å². The van der Waals surface area contributed by atoms with E-state index in [2.05, 4.69) is 30.9 Å². The van der Waals surface area contributed by atoms with Crippen molar-refractivity contribution >= 4 is 5.69 Å². The molecule has 0 amide bonds. The molecule has 1 aromatic carbocycles. The monoisotopic (exact) mass is 337 g/mol. The van der Waals surface area contributed by atoms with Gasteiger partial charge >= 0.3 is 0 Å². The fourth-order valence-electron chi connectivity index (χ4n) is 7.64. The van der Waals surface area contributed by atoms with Crippen LogP contribution in [0.15, 0.2) is 24.3 Å². The fraction of sp³-hybridized carbons (Fsp3) is 0.727. The van der Waals surface area contributed by atoms with Crippen LogP contribution in [0.1, 0.15) is 57.9 Å². The molecule has 2 spiro atoms. The van der Waals surface area contributed by atoms with E-state index in [4.69, 9.17) is 0 Å². The maximum Gasteiger partial charge on any atom is 0.260 e. The average Bonchev–Trinajstić information content (AvgIpc) is 3.25. The van der Waals surface area contributed by atoms with Gasteiger partial charge in [0.1, 0.15) is 0 Å². The van der Waals surface area contributed by atoms with Crippen molar-refractivity contribution in [3.05, 3.63) is 34.7 Å². The first-order valence-corrected chi connectivity index (χ1v) is 10.3. The number of para-hydroxylation sites is 1. The van der Waals surface area contributed by atoms with E-state index in [9.17, 15) is 4.91 Å². The van der Waals surface area contributed by atoms with E-state index in [1.54, 1.807) is 0 Å². The highest BCUT2D eigenvalue weighted by molar-refractivity contribution is 5.51. The highest BCUT2D eigenvalue weighted by atomic mass is 16.3. The lowest BCUT2D eigenvalue weighted by Gasteiger charge is -2.53. The van der Waals surface area contributed by atoms with Crippen LogP contribution in [0.2, 0.25) is 0 Å². The third kappa shape index (κ3) is 1.55. The van der Waals surface area contributed by atoms with Crippen molar-refractivity contribution in [3.63, 3.8) is 0 Å². The van der Waals surface area contributed by atoms with Crippen LogP contribution in [0, 0.1) is 22.2 Å². The van der Waals surface area contributed by atoms with Crippen LogP contribution in [0.25, 0.3) is 0 Å². The van der Waals surface area contributed by atoms with Crippen molar-refractivity contribution in [3.8, 4) is 0 Å². The SMILES string of the molecule is CC1(C)[N+](=O)c2ccccc2C12CCN([C@H]1CC34C[C@H]3CC[C@@H]14)CC2. The van der Waals surface area contributed by atoms with Crippen molar-refractivity contribution in [1.29, 1.82) is 0 Å². The lowest BCUT2D eigenvalue weighted by molar-refractivity contribution is -0.547. The number of nitrogens with zero attached hydrogens (tertiary/aromatic N) is 2. The van der Waals surface area contributed by atoms with Crippen LogP contribution < -0.4 is 0 Å². The Kier molecular flexibility index (Phi) is 2.60. The van der Waals surface area contributed by atoms with Gasteiger partial charge in [-0.25, -0.2) is 0 Å². The molecule has 1 aromatic rings. The number of fused-ring (bicyclic) bond motifs is 2. The first-order valence-electron chi connectivity index (χ1n) is 10.3. The lowest BCUT2D eigenvalue weighted by Crippen LogP contribution is -2.60. The molecule has 3 heteroatoms. The van der Waals surface area contributed by atoms with Gasteiger partial charge in [0.05, 0.1) is 5.41 Å². The molecule has 3 nitrogen and oxygen atoms in total. The topological polar surface area (TPSA) is 23.3 Å². The quantitative estimate of drug-likeness (QED) is 0.709. The summed E-state index contributed by atoms with van der Waals surface area (Å²) < 4.78 is 1.31. The molecule has 6 rings (SSSR count). The van der Waals surface area contributed by atoms with Crippen molar-refractivity contribution in [1.82, 2.24) is 4.90 Å². The summed E-state index contributed by atoms with van der Waals surface area (Å²) in [5.41, 5.74) is 2.73. The fourth-order valence-corrected chi connectivity index (χ4v) is 7.64. The van der Waals surface area contributed by atoms with E-state index in [-0.39, 0.29) is 11.0 Å². The number of piperidine rings is 1. The van der Waals surface area contributed by atoms with Crippen LogP contribution in [0.5, 0.6) is 0 Å². The predicted molar refractivity (Wildman–Crippen MR) is 98.0 cm³/mol. The molecule has 4 atom stereocenters. The van der Waals surface area contributed by atoms with Crippen LogP contribution in [-0.4, -0.2) is 34.3 Å². The average molecular weight is 337 g/mol. The van der Waals surface area contributed by atoms with Gasteiger partial charge in [-0.1, -0.05) is 18.2 Å². The van der Waals surface area contributed by atoms with Gasteiger partial charge in [-0.05, 0) is 68.9 Å². The first kappa shape index (κ1) is 14.9. The number of hydrogen-bond acceptors (Lipinski definition) is 2. The van der Waals surface area contributed by atoms with Gasteiger partial charge in [0.2, 0.25) is 5.54 Å². The number of benzene rings is 1. The summed E-state index contributed by atoms with van der Waals surface area (Å²) >= 11 is 0. The Morgan fingerprint density at radius 1 is 1.08 bits per heavy atom. The summed E-state index contributed by atoms with van der Waals surface area (Å²) in [5, 5.41) is 0. The van der Waals surface area contributed by atoms with Crippen LogP contribution in [0.4, 0.5) is 5.69 Å². The Balaban J connectivity index is 1.27. The number of rotatable bonds is 1.